The zero-order chi connectivity index (χ0) is 9.84. The standard InChI is InChI=1S/C9H11NO3/c1-2-3-7-4-8(10(12)13)6-9(11)5-7/h4-6,11H,2-3H2,1H3. The molecule has 4 nitrogen and oxygen atoms in total. The molecule has 0 aliphatic carbocycles. The van der Waals surface area contributed by atoms with Crippen LogP contribution in [0, 0.1) is 10.1 Å². The third-order valence-electron chi connectivity index (χ3n) is 1.71. The van der Waals surface area contributed by atoms with Gasteiger partial charge in [0.05, 0.1) is 11.0 Å². The van der Waals surface area contributed by atoms with Crippen molar-refractivity contribution in [3.05, 3.63) is 33.9 Å². The first-order chi connectivity index (χ1) is 6.13. The Morgan fingerprint density at radius 1 is 1.46 bits per heavy atom. The maximum atomic E-state index is 10.4. The average molecular weight is 181 g/mol. The Labute approximate surface area is 76.0 Å². The van der Waals surface area contributed by atoms with Crippen LogP contribution in [0.4, 0.5) is 5.69 Å². The lowest BCUT2D eigenvalue weighted by Gasteiger charge is -1.99. The van der Waals surface area contributed by atoms with E-state index >= 15 is 0 Å². The summed E-state index contributed by atoms with van der Waals surface area (Å²) in [5.74, 6) is -0.0438. The maximum Gasteiger partial charge on any atom is 0.273 e. The van der Waals surface area contributed by atoms with Crippen LogP contribution in [0.1, 0.15) is 18.9 Å². The third kappa shape index (κ3) is 2.43. The van der Waals surface area contributed by atoms with Gasteiger partial charge < -0.3 is 5.11 Å². The van der Waals surface area contributed by atoms with Crippen molar-refractivity contribution in [2.24, 2.45) is 0 Å². The van der Waals surface area contributed by atoms with E-state index in [0.717, 1.165) is 24.5 Å². The molecular weight excluding hydrogens is 170 g/mol. The van der Waals surface area contributed by atoms with E-state index in [1.54, 1.807) is 6.07 Å². The van der Waals surface area contributed by atoms with E-state index in [9.17, 15) is 10.1 Å². The van der Waals surface area contributed by atoms with Gasteiger partial charge in [-0.05, 0) is 18.1 Å². The fourth-order valence-electron chi connectivity index (χ4n) is 1.19. The van der Waals surface area contributed by atoms with Gasteiger partial charge in [0.25, 0.3) is 5.69 Å². The molecule has 0 bridgehead atoms. The van der Waals surface area contributed by atoms with Gasteiger partial charge in [-0.1, -0.05) is 13.3 Å². The molecule has 0 saturated heterocycles. The predicted octanol–water partition coefficient (Wildman–Crippen LogP) is 2.25. The van der Waals surface area contributed by atoms with Crippen molar-refractivity contribution in [2.75, 3.05) is 0 Å². The van der Waals surface area contributed by atoms with Gasteiger partial charge in [-0.3, -0.25) is 10.1 Å². The van der Waals surface area contributed by atoms with E-state index < -0.39 is 4.92 Å². The molecule has 0 aliphatic heterocycles. The number of non-ortho nitro benzene ring substituents is 1. The van der Waals surface area contributed by atoms with Crippen LogP contribution >= 0.6 is 0 Å². The van der Waals surface area contributed by atoms with E-state index in [2.05, 4.69) is 0 Å². The lowest BCUT2D eigenvalue weighted by Crippen LogP contribution is -1.90. The highest BCUT2D eigenvalue weighted by Crippen LogP contribution is 2.22. The van der Waals surface area contributed by atoms with Crippen molar-refractivity contribution in [1.29, 1.82) is 0 Å². The Kier molecular flexibility index (Phi) is 2.84. The molecule has 1 aromatic rings. The molecule has 4 heteroatoms. The molecule has 13 heavy (non-hydrogen) atoms. The van der Waals surface area contributed by atoms with Gasteiger partial charge in [0.1, 0.15) is 5.75 Å². The number of nitro groups is 1. The van der Waals surface area contributed by atoms with E-state index in [1.807, 2.05) is 6.92 Å². The summed E-state index contributed by atoms with van der Waals surface area (Å²) in [4.78, 5) is 9.90. The van der Waals surface area contributed by atoms with Gasteiger partial charge >= 0.3 is 0 Å². The smallest absolute Gasteiger partial charge is 0.273 e. The van der Waals surface area contributed by atoms with Crippen molar-refractivity contribution < 1.29 is 10.0 Å². The number of aryl methyl sites for hydroxylation is 1. The van der Waals surface area contributed by atoms with Gasteiger partial charge in [-0.2, -0.15) is 0 Å². The number of nitrogens with zero attached hydrogens (tertiary/aromatic N) is 1. The molecular formula is C9H11NO3. The summed E-state index contributed by atoms with van der Waals surface area (Å²) < 4.78 is 0. The second-order valence-corrected chi connectivity index (χ2v) is 2.86. The summed E-state index contributed by atoms with van der Waals surface area (Å²) >= 11 is 0. The maximum absolute atomic E-state index is 10.4. The third-order valence-corrected chi connectivity index (χ3v) is 1.71. The molecule has 1 rings (SSSR count). The van der Waals surface area contributed by atoms with Crippen LogP contribution in [0.5, 0.6) is 5.75 Å². The Hall–Kier alpha value is -1.58. The SMILES string of the molecule is CCCc1cc(O)cc([N+](=O)[O-])c1. The molecule has 70 valence electrons. The van der Waals surface area contributed by atoms with Gasteiger partial charge in [0.2, 0.25) is 0 Å². The summed E-state index contributed by atoms with van der Waals surface area (Å²) in [6.45, 7) is 1.98. The monoisotopic (exact) mass is 181 g/mol. The number of phenolic OH excluding ortho intramolecular Hbond substituents is 1. The molecule has 0 amide bonds. The second kappa shape index (κ2) is 3.89. The molecule has 0 spiro atoms. The topological polar surface area (TPSA) is 63.4 Å². The van der Waals surface area contributed by atoms with Gasteiger partial charge in [0, 0.05) is 6.07 Å². The summed E-state index contributed by atoms with van der Waals surface area (Å²) in [5, 5.41) is 19.6. The highest BCUT2D eigenvalue weighted by atomic mass is 16.6. The molecule has 0 heterocycles. The lowest BCUT2D eigenvalue weighted by atomic mass is 10.1. The molecule has 0 atom stereocenters. The summed E-state index contributed by atoms with van der Waals surface area (Å²) in [6, 6.07) is 4.19. The molecule has 0 fully saturated rings. The predicted molar refractivity (Wildman–Crippen MR) is 48.8 cm³/mol. The Bertz CT molecular complexity index is 323. The summed E-state index contributed by atoms with van der Waals surface area (Å²) in [7, 11) is 0. The van der Waals surface area contributed by atoms with Crippen molar-refractivity contribution in [1.82, 2.24) is 0 Å². The molecule has 0 aromatic heterocycles. The largest absolute Gasteiger partial charge is 0.508 e. The number of nitro benzene ring substituents is 1. The van der Waals surface area contributed by atoms with Crippen molar-refractivity contribution in [3.63, 3.8) is 0 Å². The first-order valence-corrected chi connectivity index (χ1v) is 4.11. The minimum atomic E-state index is -0.501. The van der Waals surface area contributed by atoms with Gasteiger partial charge in [0.15, 0.2) is 0 Å². The number of benzene rings is 1. The van der Waals surface area contributed by atoms with Crippen LogP contribution in [0.2, 0.25) is 0 Å². The van der Waals surface area contributed by atoms with Crippen LogP contribution in [0.15, 0.2) is 18.2 Å². The Morgan fingerprint density at radius 2 is 2.15 bits per heavy atom. The van der Waals surface area contributed by atoms with Crippen LogP contribution in [0.3, 0.4) is 0 Å². The van der Waals surface area contributed by atoms with Gasteiger partial charge in [-0.25, -0.2) is 0 Å². The summed E-state index contributed by atoms with van der Waals surface area (Å²) in [6.07, 6.45) is 1.65. The van der Waals surface area contributed by atoms with E-state index in [-0.39, 0.29) is 11.4 Å². The number of aromatic hydroxyl groups is 1. The van der Waals surface area contributed by atoms with Crippen molar-refractivity contribution >= 4 is 5.69 Å². The molecule has 0 radical (unpaired) electrons. The number of rotatable bonds is 3. The van der Waals surface area contributed by atoms with Crippen LogP contribution in [-0.2, 0) is 6.42 Å². The van der Waals surface area contributed by atoms with Crippen LogP contribution in [0.25, 0.3) is 0 Å². The fraction of sp³-hybridized carbons (Fsp3) is 0.333. The van der Waals surface area contributed by atoms with E-state index in [0.29, 0.717) is 0 Å². The zero-order valence-electron chi connectivity index (χ0n) is 7.36. The first-order valence-electron chi connectivity index (χ1n) is 4.11. The zero-order valence-corrected chi connectivity index (χ0v) is 7.36. The van der Waals surface area contributed by atoms with E-state index in [1.165, 1.54) is 6.07 Å². The fourth-order valence-corrected chi connectivity index (χ4v) is 1.19. The number of hydrogen-bond donors (Lipinski definition) is 1. The molecule has 0 aliphatic rings. The second-order valence-electron chi connectivity index (χ2n) is 2.86. The minimum absolute atomic E-state index is 0.0438. The number of phenols is 1. The van der Waals surface area contributed by atoms with Crippen LogP contribution in [-0.4, -0.2) is 10.0 Å². The lowest BCUT2D eigenvalue weighted by molar-refractivity contribution is -0.385. The van der Waals surface area contributed by atoms with E-state index in [4.69, 9.17) is 5.11 Å². The molecule has 1 aromatic carbocycles. The highest BCUT2D eigenvalue weighted by molar-refractivity contribution is 5.42. The quantitative estimate of drug-likeness (QED) is 0.574. The Morgan fingerprint density at radius 3 is 2.69 bits per heavy atom. The average Bonchev–Trinajstić information content (AvgIpc) is 2.03. The number of hydrogen-bond acceptors (Lipinski definition) is 3. The molecule has 0 saturated carbocycles. The van der Waals surface area contributed by atoms with Gasteiger partial charge in [-0.15, -0.1) is 0 Å². The summed E-state index contributed by atoms with van der Waals surface area (Å²) in [5.41, 5.74) is 0.748. The normalized spacial score (nSPS) is 9.92. The highest BCUT2D eigenvalue weighted by Gasteiger charge is 2.08. The van der Waals surface area contributed by atoms with Crippen molar-refractivity contribution in [2.45, 2.75) is 19.8 Å². The van der Waals surface area contributed by atoms with Crippen LogP contribution < -0.4 is 0 Å². The minimum Gasteiger partial charge on any atom is -0.508 e. The molecule has 0 unspecified atom stereocenters. The first kappa shape index (κ1) is 9.51. The Balaban J connectivity index is 3.03. The van der Waals surface area contributed by atoms with Crippen molar-refractivity contribution in [3.8, 4) is 5.75 Å². The molecule has 1 N–H and O–H groups in total.